The van der Waals surface area contributed by atoms with Crippen LogP contribution in [0.2, 0.25) is 0 Å². The SMILES string of the molecule is CC(C)c1ccc(NC2CCC(=O)NC2=O)s1. The van der Waals surface area contributed by atoms with Gasteiger partial charge in [-0.05, 0) is 24.5 Å². The monoisotopic (exact) mass is 252 g/mol. The van der Waals surface area contributed by atoms with E-state index in [9.17, 15) is 9.59 Å². The number of carbonyl (C=O) groups is 2. The van der Waals surface area contributed by atoms with Gasteiger partial charge >= 0.3 is 0 Å². The van der Waals surface area contributed by atoms with Gasteiger partial charge in [0, 0.05) is 11.3 Å². The third kappa shape index (κ3) is 2.85. The fraction of sp³-hybridized carbons (Fsp3) is 0.500. The van der Waals surface area contributed by atoms with Gasteiger partial charge in [0.05, 0.1) is 5.00 Å². The number of piperidine rings is 1. The summed E-state index contributed by atoms with van der Waals surface area (Å²) in [6.45, 7) is 4.28. The second-order valence-electron chi connectivity index (χ2n) is 4.50. The summed E-state index contributed by atoms with van der Waals surface area (Å²) >= 11 is 1.66. The molecule has 1 aliphatic rings. The topological polar surface area (TPSA) is 58.2 Å². The van der Waals surface area contributed by atoms with E-state index in [0.717, 1.165) is 5.00 Å². The van der Waals surface area contributed by atoms with Crippen LogP contribution in [0.1, 0.15) is 37.5 Å². The summed E-state index contributed by atoms with van der Waals surface area (Å²) in [7, 11) is 0. The molecule has 2 N–H and O–H groups in total. The van der Waals surface area contributed by atoms with Crippen molar-refractivity contribution in [2.45, 2.75) is 38.6 Å². The first-order valence-electron chi connectivity index (χ1n) is 5.76. The minimum atomic E-state index is -0.286. The molecule has 1 aromatic heterocycles. The molecule has 0 bridgehead atoms. The van der Waals surface area contributed by atoms with Crippen molar-refractivity contribution in [3.8, 4) is 0 Å². The molecule has 4 nitrogen and oxygen atoms in total. The van der Waals surface area contributed by atoms with Crippen LogP contribution in [-0.2, 0) is 9.59 Å². The molecule has 1 unspecified atom stereocenters. The molecule has 2 rings (SSSR count). The Morgan fingerprint density at radius 1 is 1.41 bits per heavy atom. The van der Waals surface area contributed by atoms with Gasteiger partial charge in [-0.2, -0.15) is 0 Å². The van der Waals surface area contributed by atoms with Crippen molar-refractivity contribution >= 4 is 28.2 Å². The number of hydrogen-bond acceptors (Lipinski definition) is 4. The van der Waals surface area contributed by atoms with Gasteiger partial charge in [-0.25, -0.2) is 0 Å². The molecule has 1 aromatic rings. The Kier molecular flexibility index (Phi) is 3.47. The zero-order valence-electron chi connectivity index (χ0n) is 9.95. The molecule has 17 heavy (non-hydrogen) atoms. The van der Waals surface area contributed by atoms with Crippen LogP contribution in [0, 0.1) is 0 Å². The van der Waals surface area contributed by atoms with E-state index in [4.69, 9.17) is 0 Å². The predicted molar refractivity (Wildman–Crippen MR) is 68.2 cm³/mol. The third-order valence-electron chi connectivity index (χ3n) is 2.75. The molecular formula is C12H16N2O2S. The lowest BCUT2D eigenvalue weighted by Gasteiger charge is -2.21. The molecular weight excluding hydrogens is 236 g/mol. The minimum Gasteiger partial charge on any atom is -0.365 e. The van der Waals surface area contributed by atoms with E-state index in [1.165, 1.54) is 4.88 Å². The number of amides is 2. The predicted octanol–water partition coefficient (Wildman–Crippen LogP) is 2.09. The molecule has 92 valence electrons. The molecule has 2 amide bonds. The van der Waals surface area contributed by atoms with Gasteiger partial charge in [0.15, 0.2) is 0 Å². The van der Waals surface area contributed by atoms with E-state index in [1.54, 1.807) is 11.3 Å². The van der Waals surface area contributed by atoms with Gasteiger partial charge in [-0.1, -0.05) is 13.8 Å². The average molecular weight is 252 g/mol. The largest absolute Gasteiger partial charge is 0.365 e. The lowest BCUT2D eigenvalue weighted by Crippen LogP contribution is -2.47. The standard InChI is InChI=1S/C12H16N2O2S/c1-7(2)9-4-6-11(17-9)13-8-3-5-10(15)14-12(8)16/h4,6-8,13H,3,5H2,1-2H3,(H,14,15,16). The summed E-state index contributed by atoms with van der Waals surface area (Å²) in [6, 6.07) is 3.78. The highest BCUT2D eigenvalue weighted by Gasteiger charge is 2.26. The van der Waals surface area contributed by atoms with Gasteiger partial charge in [0.1, 0.15) is 6.04 Å². The summed E-state index contributed by atoms with van der Waals surface area (Å²) in [4.78, 5) is 23.9. The lowest BCUT2D eigenvalue weighted by atomic mass is 10.1. The van der Waals surface area contributed by atoms with Crippen LogP contribution in [0.4, 0.5) is 5.00 Å². The average Bonchev–Trinajstić information content (AvgIpc) is 2.71. The van der Waals surface area contributed by atoms with E-state index < -0.39 is 0 Å². The van der Waals surface area contributed by atoms with Crippen LogP contribution in [-0.4, -0.2) is 17.9 Å². The van der Waals surface area contributed by atoms with Crippen LogP contribution in [0.25, 0.3) is 0 Å². The van der Waals surface area contributed by atoms with Crippen LogP contribution >= 0.6 is 11.3 Å². The van der Waals surface area contributed by atoms with E-state index in [-0.39, 0.29) is 17.9 Å². The Labute approximate surface area is 104 Å². The minimum absolute atomic E-state index is 0.179. The molecule has 2 heterocycles. The van der Waals surface area contributed by atoms with Gasteiger partial charge in [0.2, 0.25) is 11.8 Å². The molecule has 5 heteroatoms. The lowest BCUT2D eigenvalue weighted by molar-refractivity contribution is -0.133. The van der Waals surface area contributed by atoms with Crippen molar-refractivity contribution in [3.63, 3.8) is 0 Å². The highest BCUT2D eigenvalue weighted by atomic mass is 32.1. The van der Waals surface area contributed by atoms with Gasteiger partial charge in [0.25, 0.3) is 0 Å². The number of rotatable bonds is 3. The fourth-order valence-electron chi connectivity index (χ4n) is 1.74. The number of thiophene rings is 1. The molecule has 0 aromatic carbocycles. The smallest absolute Gasteiger partial charge is 0.249 e. The zero-order chi connectivity index (χ0) is 12.4. The molecule has 0 saturated carbocycles. The van der Waals surface area contributed by atoms with Crippen molar-refractivity contribution in [1.29, 1.82) is 0 Å². The van der Waals surface area contributed by atoms with Crippen LogP contribution < -0.4 is 10.6 Å². The Morgan fingerprint density at radius 3 is 2.76 bits per heavy atom. The maximum atomic E-state index is 11.6. The maximum Gasteiger partial charge on any atom is 0.249 e. The Balaban J connectivity index is 2.00. The number of anilines is 1. The number of hydrogen-bond donors (Lipinski definition) is 2. The molecule has 0 spiro atoms. The Morgan fingerprint density at radius 2 is 2.18 bits per heavy atom. The number of carbonyl (C=O) groups excluding carboxylic acids is 2. The second kappa shape index (κ2) is 4.87. The van der Waals surface area contributed by atoms with Crippen LogP contribution in [0.15, 0.2) is 12.1 Å². The molecule has 0 radical (unpaired) electrons. The first-order valence-corrected chi connectivity index (χ1v) is 6.58. The van der Waals surface area contributed by atoms with E-state index in [1.807, 2.05) is 6.07 Å². The van der Waals surface area contributed by atoms with Crippen molar-refractivity contribution in [1.82, 2.24) is 5.32 Å². The first-order chi connectivity index (χ1) is 8.06. The summed E-state index contributed by atoms with van der Waals surface area (Å²) in [5.74, 6) is 0.0974. The van der Waals surface area contributed by atoms with Crippen molar-refractivity contribution in [3.05, 3.63) is 17.0 Å². The van der Waals surface area contributed by atoms with Crippen molar-refractivity contribution in [2.24, 2.45) is 0 Å². The Bertz CT molecular complexity index is 439. The van der Waals surface area contributed by atoms with Gasteiger partial charge < -0.3 is 5.32 Å². The molecule has 1 saturated heterocycles. The second-order valence-corrected chi connectivity index (χ2v) is 5.62. The highest BCUT2D eigenvalue weighted by Crippen LogP contribution is 2.29. The molecule has 1 aliphatic heterocycles. The van der Waals surface area contributed by atoms with E-state index in [0.29, 0.717) is 18.8 Å². The molecule has 0 aliphatic carbocycles. The summed E-state index contributed by atoms with van der Waals surface area (Å²) in [6.07, 6.45) is 0.978. The fourth-order valence-corrected chi connectivity index (χ4v) is 2.71. The summed E-state index contributed by atoms with van der Waals surface area (Å²) in [5, 5.41) is 6.51. The number of nitrogens with one attached hydrogen (secondary N) is 2. The quantitative estimate of drug-likeness (QED) is 0.810. The number of imide groups is 1. The summed E-state index contributed by atoms with van der Waals surface area (Å²) in [5.41, 5.74) is 0. The third-order valence-corrected chi connectivity index (χ3v) is 4.07. The van der Waals surface area contributed by atoms with Crippen LogP contribution in [0.5, 0.6) is 0 Å². The van der Waals surface area contributed by atoms with E-state index in [2.05, 4.69) is 30.5 Å². The van der Waals surface area contributed by atoms with Crippen LogP contribution in [0.3, 0.4) is 0 Å². The van der Waals surface area contributed by atoms with Gasteiger partial charge in [-0.15, -0.1) is 11.3 Å². The van der Waals surface area contributed by atoms with Gasteiger partial charge in [-0.3, -0.25) is 14.9 Å². The van der Waals surface area contributed by atoms with Crippen molar-refractivity contribution < 1.29 is 9.59 Å². The summed E-state index contributed by atoms with van der Waals surface area (Å²) < 4.78 is 0. The molecule has 1 fully saturated rings. The maximum absolute atomic E-state index is 11.6. The van der Waals surface area contributed by atoms with E-state index >= 15 is 0 Å². The normalized spacial score (nSPS) is 20.5. The zero-order valence-corrected chi connectivity index (χ0v) is 10.8. The Hall–Kier alpha value is -1.36. The first kappa shape index (κ1) is 12.1. The van der Waals surface area contributed by atoms with Crippen molar-refractivity contribution in [2.75, 3.05) is 5.32 Å². The highest BCUT2D eigenvalue weighted by molar-refractivity contribution is 7.16. The molecule has 1 atom stereocenters.